The highest BCUT2D eigenvalue weighted by Gasteiger charge is 2.22. The van der Waals surface area contributed by atoms with Crippen LogP contribution in [0.15, 0.2) is 24.3 Å². The monoisotopic (exact) mass is 256 g/mol. The van der Waals surface area contributed by atoms with Gasteiger partial charge in [-0.1, -0.05) is 25.5 Å². The van der Waals surface area contributed by atoms with Crippen LogP contribution in [0.1, 0.15) is 32.3 Å². The molecule has 1 atom stereocenters. The molecule has 0 heterocycles. The van der Waals surface area contributed by atoms with Gasteiger partial charge in [-0.25, -0.2) is 0 Å². The minimum Gasteiger partial charge on any atom is -0.508 e. The average Bonchev–Trinajstić information content (AvgIpc) is 2.30. The zero-order valence-corrected chi connectivity index (χ0v) is 11.5. The number of phenols is 1. The van der Waals surface area contributed by atoms with Gasteiger partial charge in [-0.15, -0.1) is 0 Å². The van der Waals surface area contributed by atoms with E-state index in [0.29, 0.717) is 18.9 Å². The summed E-state index contributed by atoms with van der Waals surface area (Å²) in [6, 6.07) is 6.83. The molecule has 0 saturated carbocycles. The highest BCUT2D eigenvalue weighted by molar-refractivity contribution is 7.58. The van der Waals surface area contributed by atoms with E-state index in [0.717, 1.165) is 18.4 Å². The van der Waals surface area contributed by atoms with Crippen molar-refractivity contribution in [2.24, 2.45) is 0 Å². The zero-order valence-electron chi connectivity index (χ0n) is 10.6. The Morgan fingerprint density at radius 1 is 1.24 bits per heavy atom. The molecular formula is C13H21O3P. The topological polar surface area (TPSA) is 46.5 Å². The third-order valence-corrected chi connectivity index (χ3v) is 5.15. The molecular weight excluding hydrogens is 235 g/mol. The Balaban J connectivity index is 2.71. The number of hydrogen-bond acceptors (Lipinski definition) is 3. The van der Waals surface area contributed by atoms with Crippen molar-refractivity contribution < 1.29 is 14.2 Å². The molecule has 0 bridgehead atoms. The van der Waals surface area contributed by atoms with Gasteiger partial charge in [-0.2, -0.15) is 0 Å². The molecule has 0 radical (unpaired) electrons. The van der Waals surface area contributed by atoms with Gasteiger partial charge >= 0.3 is 0 Å². The highest BCUT2D eigenvalue weighted by atomic mass is 31.2. The van der Waals surface area contributed by atoms with Crippen LogP contribution in [0.3, 0.4) is 0 Å². The first kappa shape index (κ1) is 14.3. The van der Waals surface area contributed by atoms with Crippen molar-refractivity contribution in [2.45, 2.75) is 32.9 Å². The van der Waals surface area contributed by atoms with Crippen molar-refractivity contribution in [2.75, 3.05) is 12.8 Å². The van der Waals surface area contributed by atoms with E-state index in [1.54, 1.807) is 24.3 Å². The maximum absolute atomic E-state index is 12.5. The molecule has 0 aliphatic rings. The first-order valence-electron chi connectivity index (χ1n) is 6.10. The van der Waals surface area contributed by atoms with Crippen molar-refractivity contribution in [3.05, 3.63) is 29.8 Å². The summed E-state index contributed by atoms with van der Waals surface area (Å²) < 4.78 is 18.0. The second kappa shape index (κ2) is 6.83. The van der Waals surface area contributed by atoms with Crippen LogP contribution in [0, 0.1) is 0 Å². The second-order valence-electron chi connectivity index (χ2n) is 4.13. The standard InChI is InChI=1S/C13H21O3P/c1-3-5-10-17(15,16-4-2)11-12-6-8-13(14)9-7-12/h6-9,14H,3-5,10-11H2,1-2H3. The summed E-state index contributed by atoms with van der Waals surface area (Å²) in [6.07, 6.45) is 3.04. The molecule has 1 aromatic rings. The molecule has 0 aromatic heterocycles. The van der Waals surface area contributed by atoms with E-state index in [-0.39, 0.29) is 5.75 Å². The Bertz CT molecular complexity index is 373. The lowest BCUT2D eigenvalue weighted by Crippen LogP contribution is -1.99. The average molecular weight is 256 g/mol. The predicted octanol–water partition coefficient (Wildman–Crippen LogP) is 4.01. The molecule has 17 heavy (non-hydrogen) atoms. The van der Waals surface area contributed by atoms with Crippen LogP contribution in [-0.2, 0) is 15.3 Å². The first-order valence-corrected chi connectivity index (χ1v) is 8.09. The SMILES string of the molecule is CCCCP(=O)(Cc1ccc(O)cc1)OCC. The van der Waals surface area contributed by atoms with Gasteiger partial charge in [0, 0.05) is 12.3 Å². The Morgan fingerprint density at radius 3 is 2.41 bits per heavy atom. The number of unbranched alkanes of at least 4 members (excludes halogenated alkanes) is 1. The lowest BCUT2D eigenvalue weighted by atomic mass is 10.2. The molecule has 1 unspecified atom stereocenters. The summed E-state index contributed by atoms with van der Waals surface area (Å²) in [6.45, 7) is 4.44. The maximum atomic E-state index is 12.5. The molecule has 3 nitrogen and oxygen atoms in total. The van der Waals surface area contributed by atoms with Gasteiger partial charge in [0.15, 0.2) is 0 Å². The van der Waals surface area contributed by atoms with Crippen LogP contribution in [0.25, 0.3) is 0 Å². The fourth-order valence-corrected chi connectivity index (χ4v) is 4.12. The van der Waals surface area contributed by atoms with E-state index in [4.69, 9.17) is 4.52 Å². The first-order chi connectivity index (χ1) is 8.09. The van der Waals surface area contributed by atoms with Crippen molar-refractivity contribution in [1.29, 1.82) is 0 Å². The van der Waals surface area contributed by atoms with Crippen LogP contribution >= 0.6 is 7.37 Å². The Labute approximate surface area is 103 Å². The van der Waals surface area contributed by atoms with Crippen molar-refractivity contribution >= 4 is 7.37 Å². The fraction of sp³-hybridized carbons (Fsp3) is 0.538. The summed E-state index contributed by atoms with van der Waals surface area (Å²) in [7, 11) is -2.55. The number of phenolic OH excluding ortho intramolecular Hbond substituents is 1. The largest absolute Gasteiger partial charge is 0.508 e. The van der Waals surface area contributed by atoms with Gasteiger partial charge in [0.2, 0.25) is 7.37 Å². The van der Waals surface area contributed by atoms with Gasteiger partial charge in [0.25, 0.3) is 0 Å². The van der Waals surface area contributed by atoms with Gasteiger partial charge in [0.1, 0.15) is 5.75 Å². The third-order valence-electron chi connectivity index (χ3n) is 2.58. The second-order valence-corrected chi connectivity index (χ2v) is 6.78. The highest BCUT2D eigenvalue weighted by Crippen LogP contribution is 2.50. The normalized spacial score (nSPS) is 14.5. The molecule has 0 spiro atoms. The number of benzene rings is 1. The Morgan fingerprint density at radius 2 is 1.88 bits per heavy atom. The molecule has 0 saturated heterocycles. The molecule has 1 rings (SSSR count). The van der Waals surface area contributed by atoms with E-state index in [9.17, 15) is 9.67 Å². The van der Waals surface area contributed by atoms with Gasteiger partial charge < -0.3 is 9.63 Å². The van der Waals surface area contributed by atoms with Crippen molar-refractivity contribution in [3.8, 4) is 5.75 Å². The van der Waals surface area contributed by atoms with Crippen LogP contribution in [0.5, 0.6) is 5.75 Å². The molecule has 1 N–H and O–H groups in total. The smallest absolute Gasteiger partial charge is 0.207 e. The van der Waals surface area contributed by atoms with Gasteiger partial charge in [-0.3, -0.25) is 4.57 Å². The van der Waals surface area contributed by atoms with Crippen molar-refractivity contribution in [3.63, 3.8) is 0 Å². The minimum atomic E-state index is -2.55. The molecule has 1 aromatic carbocycles. The van der Waals surface area contributed by atoms with Crippen LogP contribution in [-0.4, -0.2) is 17.9 Å². The maximum Gasteiger partial charge on any atom is 0.207 e. The van der Waals surface area contributed by atoms with Crippen LogP contribution in [0.4, 0.5) is 0 Å². The van der Waals surface area contributed by atoms with E-state index in [2.05, 4.69) is 6.92 Å². The minimum absolute atomic E-state index is 0.230. The summed E-state index contributed by atoms with van der Waals surface area (Å²) in [4.78, 5) is 0. The summed E-state index contributed by atoms with van der Waals surface area (Å²) in [5.41, 5.74) is 0.954. The molecule has 0 fully saturated rings. The van der Waals surface area contributed by atoms with Crippen LogP contribution in [0.2, 0.25) is 0 Å². The Hall–Kier alpha value is -0.790. The van der Waals surface area contributed by atoms with E-state index >= 15 is 0 Å². The Kier molecular flexibility index (Phi) is 5.73. The molecule has 0 aliphatic heterocycles. The molecule has 0 amide bonds. The summed E-state index contributed by atoms with van der Waals surface area (Å²) >= 11 is 0. The van der Waals surface area contributed by atoms with E-state index in [1.807, 2.05) is 6.92 Å². The van der Waals surface area contributed by atoms with Crippen molar-refractivity contribution in [1.82, 2.24) is 0 Å². The number of aromatic hydroxyl groups is 1. The molecule has 4 heteroatoms. The summed E-state index contributed by atoms with van der Waals surface area (Å²) in [5, 5.41) is 9.20. The summed E-state index contributed by atoms with van der Waals surface area (Å²) in [5.74, 6) is 0.230. The number of hydrogen-bond donors (Lipinski definition) is 1. The molecule has 0 aliphatic carbocycles. The van der Waals surface area contributed by atoms with Crippen LogP contribution < -0.4 is 0 Å². The van der Waals surface area contributed by atoms with Gasteiger partial charge in [0.05, 0.1) is 6.61 Å². The zero-order chi connectivity index (χ0) is 12.7. The van der Waals surface area contributed by atoms with Gasteiger partial charge in [-0.05, 0) is 31.0 Å². The lowest BCUT2D eigenvalue weighted by molar-refractivity contribution is 0.331. The number of rotatable bonds is 7. The van der Waals surface area contributed by atoms with E-state index in [1.165, 1.54) is 0 Å². The third kappa shape index (κ3) is 4.93. The lowest BCUT2D eigenvalue weighted by Gasteiger charge is -2.17. The quantitative estimate of drug-likeness (QED) is 0.750. The fourth-order valence-electron chi connectivity index (χ4n) is 1.70. The predicted molar refractivity (Wildman–Crippen MR) is 70.8 cm³/mol. The van der Waals surface area contributed by atoms with E-state index < -0.39 is 7.37 Å². The molecule has 96 valence electrons.